The zero-order valence-electron chi connectivity index (χ0n) is 14.4. The van der Waals surface area contributed by atoms with Crippen LogP contribution in [0.25, 0.3) is 0 Å². The molecule has 1 fully saturated rings. The third-order valence-corrected chi connectivity index (χ3v) is 3.64. The van der Waals surface area contributed by atoms with Crippen LogP contribution < -0.4 is 0 Å². The van der Waals surface area contributed by atoms with Gasteiger partial charge in [-0.25, -0.2) is 9.98 Å². The summed E-state index contributed by atoms with van der Waals surface area (Å²) in [6, 6.07) is 2.64. The monoisotopic (exact) mass is 350 g/mol. The van der Waals surface area contributed by atoms with Crippen molar-refractivity contribution in [3.63, 3.8) is 0 Å². The molecule has 0 radical (unpaired) electrons. The lowest BCUT2D eigenvalue weighted by Gasteiger charge is -2.25. The van der Waals surface area contributed by atoms with Crippen molar-refractivity contribution in [1.29, 1.82) is 0 Å². The Balaban J connectivity index is 0.000000423. The minimum absolute atomic E-state index is 0.188. The fourth-order valence-corrected chi connectivity index (χ4v) is 2.19. The molecule has 136 valence electrons. The molecule has 9 heteroatoms. The van der Waals surface area contributed by atoms with E-state index in [0.717, 1.165) is 39.1 Å². The van der Waals surface area contributed by atoms with Gasteiger partial charge in [0.15, 0.2) is 0 Å². The molecular formula is C14H30N4O4S. The highest BCUT2D eigenvalue weighted by Gasteiger charge is 2.13. The first-order valence-electron chi connectivity index (χ1n) is 7.83. The van der Waals surface area contributed by atoms with Crippen molar-refractivity contribution in [2.45, 2.75) is 13.3 Å². The van der Waals surface area contributed by atoms with E-state index in [9.17, 15) is 8.42 Å². The van der Waals surface area contributed by atoms with Crippen molar-refractivity contribution in [2.75, 3.05) is 72.3 Å². The second kappa shape index (κ2) is 13.6. The second-order valence-electron chi connectivity index (χ2n) is 5.35. The molecule has 0 saturated carbocycles. The van der Waals surface area contributed by atoms with Gasteiger partial charge in [0.1, 0.15) is 0 Å². The molecule has 23 heavy (non-hydrogen) atoms. The Hall–Kier alpha value is -0.830. The molecule has 1 rings (SSSR count). The van der Waals surface area contributed by atoms with E-state index >= 15 is 0 Å². The molecule has 1 N–H and O–H groups in total. The van der Waals surface area contributed by atoms with E-state index in [1.165, 1.54) is 0 Å². The van der Waals surface area contributed by atoms with Gasteiger partial charge < -0.3 is 9.64 Å². The molecule has 0 bridgehead atoms. The molecular weight excluding hydrogens is 320 g/mol. The minimum Gasteiger partial charge on any atom is -0.379 e. The molecule has 8 nitrogen and oxygen atoms in total. The molecule has 0 atom stereocenters. The standard InChI is InChI=1S/C8H17N3.C6H13NO4S/c1-4-9-8-10-6-5-7-11(2)3;8-12(9,10)6-3-7-1-4-11-5-2-7/h4-7H2,1-3H3;1-6H2,(H,8,9,10). The largest absolute Gasteiger partial charge is 0.379 e. The Morgan fingerprint density at radius 1 is 1.26 bits per heavy atom. The molecule has 1 aliphatic rings. The van der Waals surface area contributed by atoms with Crippen LogP contribution in [0.1, 0.15) is 13.3 Å². The number of nitrogens with zero attached hydrogens (tertiary/aromatic N) is 4. The molecule has 0 aromatic heterocycles. The number of rotatable bonds is 8. The molecule has 0 spiro atoms. The molecule has 1 aliphatic heterocycles. The highest BCUT2D eigenvalue weighted by atomic mass is 32.2. The molecule has 1 heterocycles. The van der Waals surface area contributed by atoms with Gasteiger partial charge in [0, 0.05) is 26.2 Å². The van der Waals surface area contributed by atoms with Gasteiger partial charge in [-0.3, -0.25) is 9.45 Å². The summed E-state index contributed by atoms with van der Waals surface area (Å²) in [6.07, 6.45) is 1.08. The molecule has 0 aromatic carbocycles. The van der Waals surface area contributed by atoms with Gasteiger partial charge in [0.05, 0.1) is 31.5 Å². The predicted molar refractivity (Wildman–Crippen MR) is 92.1 cm³/mol. The van der Waals surface area contributed by atoms with Crippen LogP contribution in [0.5, 0.6) is 0 Å². The van der Waals surface area contributed by atoms with E-state index in [2.05, 4.69) is 35.0 Å². The summed E-state index contributed by atoms with van der Waals surface area (Å²) in [6.45, 7) is 7.84. The Labute approximate surface area is 140 Å². The maximum Gasteiger partial charge on any atom is 0.266 e. The van der Waals surface area contributed by atoms with E-state index in [-0.39, 0.29) is 5.75 Å². The Morgan fingerprint density at radius 2 is 1.91 bits per heavy atom. The summed E-state index contributed by atoms with van der Waals surface area (Å²) in [5.41, 5.74) is 0. The topological polar surface area (TPSA) is 94.8 Å². The van der Waals surface area contributed by atoms with Crippen LogP contribution in [0.4, 0.5) is 0 Å². The van der Waals surface area contributed by atoms with Crippen molar-refractivity contribution < 1.29 is 17.7 Å². The van der Waals surface area contributed by atoms with Crippen LogP contribution in [-0.4, -0.2) is 101 Å². The van der Waals surface area contributed by atoms with Crippen LogP contribution in [-0.2, 0) is 14.9 Å². The molecule has 0 amide bonds. The quantitative estimate of drug-likeness (QED) is 0.385. The summed E-state index contributed by atoms with van der Waals surface area (Å²) in [5, 5.41) is 0. The molecule has 1 saturated heterocycles. The highest BCUT2D eigenvalue weighted by molar-refractivity contribution is 7.85. The van der Waals surface area contributed by atoms with E-state index < -0.39 is 10.1 Å². The maximum atomic E-state index is 10.4. The first-order chi connectivity index (χ1) is 10.8. The number of aliphatic imine (C=N–C) groups is 2. The second-order valence-corrected chi connectivity index (χ2v) is 6.93. The fraction of sp³-hybridized carbons (Fsp3) is 0.929. The summed E-state index contributed by atoms with van der Waals surface area (Å²) in [4.78, 5) is 11.9. The van der Waals surface area contributed by atoms with Crippen LogP contribution >= 0.6 is 0 Å². The molecule has 0 aliphatic carbocycles. The average Bonchev–Trinajstić information content (AvgIpc) is 2.49. The lowest BCUT2D eigenvalue weighted by molar-refractivity contribution is 0.0406. The van der Waals surface area contributed by atoms with Gasteiger partial charge in [0.25, 0.3) is 10.1 Å². The first-order valence-corrected chi connectivity index (χ1v) is 9.44. The van der Waals surface area contributed by atoms with Gasteiger partial charge in [-0.05, 0) is 34.0 Å². The lowest BCUT2D eigenvalue weighted by atomic mass is 10.4. The smallest absolute Gasteiger partial charge is 0.266 e. The van der Waals surface area contributed by atoms with Gasteiger partial charge in [-0.2, -0.15) is 8.42 Å². The van der Waals surface area contributed by atoms with Crippen LogP contribution in [0, 0.1) is 0 Å². The maximum absolute atomic E-state index is 10.4. The molecule has 0 aromatic rings. The third-order valence-electron chi connectivity index (χ3n) is 2.94. The summed E-state index contributed by atoms with van der Waals surface area (Å²) in [7, 11) is 0.313. The first kappa shape index (κ1) is 22.2. The van der Waals surface area contributed by atoms with Crippen molar-refractivity contribution in [1.82, 2.24) is 9.80 Å². The Kier molecular flexibility index (Phi) is 13.1. The van der Waals surface area contributed by atoms with E-state index in [0.29, 0.717) is 19.8 Å². The van der Waals surface area contributed by atoms with Crippen molar-refractivity contribution in [3.8, 4) is 0 Å². The number of morpholine rings is 1. The summed E-state index contributed by atoms with van der Waals surface area (Å²) < 4.78 is 34.3. The predicted octanol–water partition coefficient (Wildman–Crippen LogP) is 0.338. The number of ether oxygens (including phenoxy) is 1. The number of hydrogen-bond acceptors (Lipinski definition) is 7. The summed E-state index contributed by atoms with van der Waals surface area (Å²) in [5.74, 6) is -0.188. The molecule has 0 unspecified atom stereocenters. The normalized spacial score (nSPS) is 15.5. The van der Waals surface area contributed by atoms with Crippen LogP contribution in [0.15, 0.2) is 9.98 Å². The van der Waals surface area contributed by atoms with Crippen LogP contribution in [0.3, 0.4) is 0 Å². The minimum atomic E-state index is -3.81. The number of hydrogen-bond donors (Lipinski definition) is 1. The summed E-state index contributed by atoms with van der Waals surface area (Å²) >= 11 is 0. The van der Waals surface area contributed by atoms with Crippen LogP contribution in [0.2, 0.25) is 0 Å². The van der Waals surface area contributed by atoms with Gasteiger partial charge in [-0.15, -0.1) is 0 Å². The zero-order chi connectivity index (χ0) is 17.6. The van der Waals surface area contributed by atoms with E-state index in [4.69, 9.17) is 9.29 Å². The van der Waals surface area contributed by atoms with Crippen molar-refractivity contribution in [2.24, 2.45) is 9.98 Å². The fourth-order valence-electron chi connectivity index (χ4n) is 1.71. The average molecular weight is 350 g/mol. The van der Waals surface area contributed by atoms with E-state index in [1.54, 1.807) is 0 Å². The van der Waals surface area contributed by atoms with Gasteiger partial charge in [0.2, 0.25) is 0 Å². The SMILES string of the molecule is CCN=C=NCCCN(C)C.O=S(=O)(O)CCN1CCOCC1. The Morgan fingerprint density at radius 3 is 2.43 bits per heavy atom. The van der Waals surface area contributed by atoms with E-state index in [1.807, 2.05) is 11.8 Å². The van der Waals surface area contributed by atoms with Gasteiger partial charge in [-0.1, -0.05) is 0 Å². The highest BCUT2D eigenvalue weighted by Crippen LogP contribution is 1.96. The van der Waals surface area contributed by atoms with Crippen molar-refractivity contribution >= 4 is 16.1 Å². The Bertz CT molecular complexity index is 442. The zero-order valence-corrected chi connectivity index (χ0v) is 15.3. The van der Waals surface area contributed by atoms with Crippen molar-refractivity contribution in [3.05, 3.63) is 0 Å². The van der Waals surface area contributed by atoms with Gasteiger partial charge >= 0.3 is 0 Å². The third kappa shape index (κ3) is 17.4. The lowest BCUT2D eigenvalue weighted by Crippen LogP contribution is -2.38.